The number of amides is 2. The van der Waals surface area contributed by atoms with Crippen molar-refractivity contribution in [1.82, 2.24) is 5.32 Å². The lowest BCUT2D eigenvalue weighted by molar-refractivity contribution is -0.135. The number of hydrogen-bond acceptors (Lipinski definition) is 5. The molecule has 0 aliphatic rings. The van der Waals surface area contributed by atoms with Gasteiger partial charge in [0.15, 0.2) is 0 Å². The average molecular weight is 384 g/mol. The van der Waals surface area contributed by atoms with Crippen molar-refractivity contribution in [1.29, 1.82) is 0 Å². The highest BCUT2D eigenvalue weighted by atomic mass is 16.5. The monoisotopic (exact) mass is 384 g/mol. The van der Waals surface area contributed by atoms with Crippen LogP contribution in [0.25, 0.3) is 0 Å². The van der Waals surface area contributed by atoms with Gasteiger partial charge in [-0.15, -0.1) is 0 Å². The Labute approximate surface area is 161 Å². The van der Waals surface area contributed by atoms with Gasteiger partial charge in [0.05, 0.1) is 11.1 Å². The van der Waals surface area contributed by atoms with E-state index in [1.807, 2.05) is 6.92 Å². The maximum Gasteiger partial charge on any atom is 0.343 e. The third kappa shape index (κ3) is 5.94. The minimum Gasteiger partial charge on any atom is -0.480 e. The minimum atomic E-state index is -1.19. The van der Waals surface area contributed by atoms with Gasteiger partial charge in [-0.1, -0.05) is 19.1 Å². The van der Waals surface area contributed by atoms with E-state index in [9.17, 15) is 19.2 Å². The first-order valence-corrected chi connectivity index (χ1v) is 8.61. The van der Waals surface area contributed by atoms with Crippen LogP contribution in [-0.4, -0.2) is 35.4 Å². The van der Waals surface area contributed by atoms with Crippen LogP contribution in [0.2, 0.25) is 0 Å². The molecule has 2 aromatic carbocycles. The fourth-order valence-corrected chi connectivity index (χ4v) is 2.29. The molecule has 0 saturated heterocycles. The molecule has 8 heteroatoms. The van der Waals surface area contributed by atoms with E-state index < -0.39 is 24.4 Å². The van der Waals surface area contributed by atoms with Crippen LogP contribution in [0.4, 0.5) is 5.69 Å². The lowest BCUT2D eigenvalue weighted by Gasteiger charge is -2.10. The second kappa shape index (κ2) is 9.86. The smallest absolute Gasteiger partial charge is 0.343 e. The molecule has 0 spiro atoms. The summed E-state index contributed by atoms with van der Waals surface area (Å²) in [5.41, 5.74) is 0.832. The van der Waals surface area contributed by atoms with Crippen molar-refractivity contribution in [3.05, 3.63) is 59.7 Å². The quantitative estimate of drug-likeness (QED) is 0.475. The van der Waals surface area contributed by atoms with E-state index in [1.165, 1.54) is 24.3 Å². The van der Waals surface area contributed by atoms with Crippen molar-refractivity contribution < 1.29 is 29.0 Å². The highest BCUT2D eigenvalue weighted by Gasteiger charge is 2.16. The molecule has 0 aliphatic carbocycles. The number of carboxylic acids is 1. The van der Waals surface area contributed by atoms with Crippen LogP contribution in [-0.2, 0) is 9.59 Å². The molecule has 0 aliphatic heterocycles. The summed E-state index contributed by atoms with van der Waals surface area (Å²) in [6.07, 6.45) is 1.14. The van der Waals surface area contributed by atoms with E-state index in [1.54, 1.807) is 24.3 Å². The Balaban J connectivity index is 2.07. The first-order chi connectivity index (χ1) is 13.4. The lowest BCUT2D eigenvalue weighted by Crippen LogP contribution is -2.29. The summed E-state index contributed by atoms with van der Waals surface area (Å²) < 4.78 is 5.28. The molecule has 0 saturated carbocycles. The average Bonchev–Trinajstić information content (AvgIpc) is 2.67. The Morgan fingerprint density at radius 3 is 2.32 bits per heavy atom. The molecule has 0 bridgehead atoms. The molecule has 0 aromatic heterocycles. The molecule has 0 unspecified atom stereocenters. The second-order valence-electron chi connectivity index (χ2n) is 5.84. The van der Waals surface area contributed by atoms with Crippen LogP contribution < -0.4 is 15.4 Å². The first-order valence-electron chi connectivity index (χ1n) is 8.61. The van der Waals surface area contributed by atoms with Crippen molar-refractivity contribution >= 4 is 29.4 Å². The first kappa shape index (κ1) is 20.6. The Kier molecular flexibility index (Phi) is 7.27. The largest absolute Gasteiger partial charge is 0.480 e. The molecule has 0 fully saturated rings. The van der Waals surface area contributed by atoms with E-state index in [4.69, 9.17) is 9.84 Å². The fraction of sp³-hybridized carbons (Fsp3) is 0.200. The summed E-state index contributed by atoms with van der Waals surface area (Å²) in [5.74, 6) is -2.64. The van der Waals surface area contributed by atoms with Crippen LogP contribution in [0.1, 0.15) is 40.5 Å². The number of carbonyl (C=O) groups is 4. The number of hydrogen-bond donors (Lipinski definition) is 3. The molecular formula is C20H20N2O6. The number of aliphatic carboxylic acids is 1. The van der Waals surface area contributed by atoms with Gasteiger partial charge < -0.3 is 20.5 Å². The number of esters is 1. The van der Waals surface area contributed by atoms with Gasteiger partial charge in [0.25, 0.3) is 5.91 Å². The van der Waals surface area contributed by atoms with Gasteiger partial charge in [0.1, 0.15) is 12.3 Å². The maximum atomic E-state index is 12.4. The van der Waals surface area contributed by atoms with Gasteiger partial charge in [-0.2, -0.15) is 0 Å². The molecule has 2 rings (SSSR count). The van der Waals surface area contributed by atoms with E-state index in [0.717, 1.165) is 6.42 Å². The third-order valence-corrected chi connectivity index (χ3v) is 3.62. The number of ether oxygens (including phenoxy) is 1. The normalized spacial score (nSPS) is 10.0. The van der Waals surface area contributed by atoms with Crippen molar-refractivity contribution in [2.75, 3.05) is 11.9 Å². The summed E-state index contributed by atoms with van der Waals surface area (Å²) in [6.45, 7) is 1.35. The Bertz CT molecular complexity index is 877. The van der Waals surface area contributed by atoms with E-state index in [2.05, 4.69) is 10.6 Å². The molecule has 146 valence electrons. The summed E-state index contributed by atoms with van der Waals surface area (Å²) >= 11 is 0. The van der Waals surface area contributed by atoms with Gasteiger partial charge in [-0.05, 0) is 42.8 Å². The number of anilines is 1. The highest BCUT2D eigenvalue weighted by molar-refractivity contribution is 6.00. The van der Waals surface area contributed by atoms with E-state index in [-0.39, 0.29) is 22.8 Å². The zero-order valence-corrected chi connectivity index (χ0v) is 15.2. The Morgan fingerprint density at radius 2 is 1.68 bits per heavy atom. The highest BCUT2D eigenvalue weighted by Crippen LogP contribution is 2.20. The number of nitrogens with one attached hydrogen (secondary N) is 2. The Morgan fingerprint density at radius 1 is 1.00 bits per heavy atom. The molecule has 28 heavy (non-hydrogen) atoms. The van der Waals surface area contributed by atoms with Gasteiger partial charge in [0.2, 0.25) is 5.91 Å². The van der Waals surface area contributed by atoms with Crippen LogP contribution in [0.5, 0.6) is 5.75 Å². The molecule has 0 heterocycles. The van der Waals surface area contributed by atoms with Crippen LogP contribution in [0, 0.1) is 0 Å². The molecule has 2 amide bonds. The summed E-state index contributed by atoms with van der Waals surface area (Å²) in [5, 5.41) is 13.6. The topological polar surface area (TPSA) is 122 Å². The van der Waals surface area contributed by atoms with Gasteiger partial charge >= 0.3 is 11.9 Å². The van der Waals surface area contributed by atoms with Gasteiger partial charge in [0, 0.05) is 12.1 Å². The number of carbonyl (C=O) groups excluding carboxylic acids is 3. The number of benzene rings is 2. The maximum absolute atomic E-state index is 12.4. The molecule has 0 atom stereocenters. The SMILES string of the molecule is CCCC(=O)Nc1ccc(C(=O)Oc2ccccc2C(=O)NCC(=O)O)cc1. The molecule has 8 nitrogen and oxygen atoms in total. The van der Waals surface area contributed by atoms with Crippen molar-refractivity contribution in [2.24, 2.45) is 0 Å². The molecule has 0 radical (unpaired) electrons. The third-order valence-electron chi connectivity index (χ3n) is 3.62. The number of rotatable bonds is 8. The summed E-state index contributed by atoms with van der Waals surface area (Å²) in [6, 6.07) is 12.2. The number of para-hydroxylation sites is 1. The van der Waals surface area contributed by atoms with E-state index >= 15 is 0 Å². The fourth-order valence-electron chi connectivity index (χ4n) is 2.29. The standard InChI is InChI=1S/C20H20N2O6/c1-2-5-17(23)22-14-10-8-13(9-11-14)20(27)28-16-7-4-3-6-15(16)19(26)21-12-18(24)25/h3-4,6-11H,2,5,12H2,1H3,(H,21,26)(H,22,23)(H,24,25). The lowest BCUT2D eigenvalue weighted by atomic mass is 10.1. The Hall–Kier alpha value is -3.68. The van der Waals surface area contributed by atoms with Crippen molar-refractivity contribution in [2.45, 2.75) is 19.8 Å². The summed E-state index contributed by atoms with van der Waals surface area (Å²) in [4.78, 5) is 46.6. The predicted molar refractivity (Wildman–Crippen MR) is 101 cm³/mol. The molecule has 2 aromatic rings. The second-order valence-corrected chi connectivity index (χ2v) is 5.84. The zero-order chi connectivity index (χ0) is 20.5. The van der Waals surface area contributed by atoms with Crippen LogP contribution in [0.15, 0.2) is 48.5 Å². The predicted octanol–water partition coefficient (Wildman–Crippen LogP) is 2.46. The molecule has 3 N–H and O–H groups in total. The van der Waals surface area contributed by atoms with Crippen molar-refractivity contribution in [3.63, 3.8) is 0 Å². The van der Waals surface area contributed by atoms with Crippen LogP contribution >= 0.6 is 0 Å². The van der Waals surface area contributed by atoms with Gasteiger partial charge in [-0.25, -0.2) is 4.79 Å². The minimum absolute atomic E-state index is 0.00992. The van der Waals surface area contributed by atoms with Crippen LogP contribution in [0.3, 0.4) is 0 Å². The summed E-state index contributed by atoms with van der Waals surface area (Å²) in [7, 11) is 0. The van der Waals surface area contributed by atoms with E-state index in [0.29, 0.717) is 12.1 Å². The van der Waals surface area contributed by atoms with Crippen molar-refractivity contribution in [3.8, 4) is 5.75 Å². The number of carboxylic acid groups (broad SMARTS) is 1. The van der Waals surface area contributed by atoms with Gasteiger partial charge in [-0.3, -0.25) is 14.4 Å². The zero-order valence-electron chi connectivity index (χ0n) is 15.2. The molecular weight excluding hydrogens is 364 g/mol.